The number of aromatic nitrogens is 4. The van der Waals surface area contributed by atoms with E-state index in [1.807, 2.05) is 0 Å². The van der Waals surface area contributed by atoms with Gasteiger partial charge in [0.15, 0.2) is 0 Å². The van der Waals surface area contributed by atoms with Gasteiger partial charge < -0.3 is 5.32 Å². The molecule has 7 nitrogen and oxygen atoms in total. The van der Waals surface area contributed by atoms with Gasteiger partial charge in [-0.1, -0.05) is 0 Å². The molecule has 1 aliphatic rings. The highest BCUT2D eigenvalue weighted by atomic mass is 16.2. The van der Waals surface area contributed by atoms with Crippen molar-refractivity contribution in [3.05, 3.63) is 39.6 Å². The second kappa shape index (κ2) is 4.42. The van der Waals surface area contributed by atoms with Crippen LogP contribution in [-0.4, -0.2) is 31.9 Å². The fourth-order valence-electron chi connectivity index (χ4n) is 2.41. The second-order valence-electron chi connectivity index (χ2n) is 4.85. The van der Waals surface area contributed by atoms with Crippen LogP contribution in [0.2, 0.25) is 0 Å². The third-order valence-electron chi connectivity index (χ3n) is 3.48. The van der Waals surface area contributed by atoms with E-state index in [0.717, 1.165) is 30.5 Å². The summed E-state index contributed by atoms with van der Waals surface area (Å²) >= 11 is 0. The van der Waals surface area contributed by atoms with Gasteiger partial charge in [0.05, 0.1) is 6.20 Å². The molecule has 0 spiro atoms. The lowest BCUT2D eigenvalue weighted by molar-refractivity contribution is 0.0928. The van der Waals surface area contributed by atoms with Crippen molar-refractivity contribution in [1.29, 1.82) is 0 Å². The summed E-state index contributed by atoms with van der Waals surface area (Å²) in [7, 11) is 1.58. The van der Waals surface area contributed by atoms with Crippen molar-refractivity contribution in [3.8, 4) is 0 Å². The fourth-order valence-corrected chi connectivity index (χ4v) is 2.41. The first kappa shape index (κ1) is 11.8. The smallest absolute Gasteiger partial charge is 0.269 e. The standard InChI is InChI=1S/C12H15N5O2/c1-17-11(18)5-10(16-17)12(19)14-8-2-3-9-7(4-8)6-13-15-9/h5-6,8,16H,2-4H2,1H3,(H,13,15)(H,14,19). The van der Waals surface area contributed by atoms with E-state index in [9.17, 15) is 9.59 Å². The molecule has 2 heterocycles. The summed E-state index contributed by atoms with van der Waals surface area (Å²) in [5.74, 6) is -0.241. The lowest BCUT2D eigenvalue weighted by Gasteiger charge is -2.22. The maximum absolute atomic E-state index is 12.0. The fraction of sp³-hybridized carbons (Fsp3) is 0.417. The highest BCUT2D eigenvalue weighted by Crippen LogP contribution is 2.18. The number of amides is 1. The number of rotatable bonds is 2. The van der Waals surface area contributed by atoms with Crippen molar-refractivity contribution >= 4 is 5.91 Å². The molecule has 0 aromatic carbocycles. The van der Waals surface area contributed by atoms with Gasteiger partial charge in [0.2, 0.25) is 0 Å². The number of H-pyrrole nitrogens is 2. The number of nitrogens with zero attached hydrogens (tertiary/aromatic N) is 2. The van der Waals surface area contributed by atoms with E-state index in [1.54, 1.807) is 13.2 Å². The van der Waals surface area contributed by atoms with Gasteiger partial charge in [-0.15, -0.1) is 0 Å². The second-order valence-corrected chi connectivity index (χ2v) is 4.85. The largest absolute Gasteiger partial charge is 0.348 e. The Bertz CT molecular complexity index is 666. The molecule has 0 saturated carbocycles. The number of fused-ring (bicyclic) bond motifs is 1. The highest BCUT2D eigenvalue weighted by molar-refractivity contribution is 5.92. The van der Waals surface area contributed by atoms with Crippen molar-refractivity contribution in [1.82, 2.24) is 25.3 Å². The van der Waals surface area contributed by atoms with Gasteiger partial charge in [-0.2, -0.15) is 5.10 Å². The molecule has 0 saturated heterocycles. The molecular formula is C12H15N5O2. The number of carbonyl (C=O) groups is 1. The quantitative estimate of drug-likeness (QED) is 0.694. The zero-order chi connectivity index (χ0) is 13.4. The van der Waals surface area contributed by atoms with Crippen LogP contribution < -0.4 is 10.9 Å². The summed E-state index contributed by atoms with van der Waals surface area (Å²) in [6.45, 7) is 0. The Morgan fingerprint density at radius 2 is 2.42 bits per heavy atom. The minimum atomic E-state index is -0.241. The molecule has 19 heavy (non-hydrogen) atoms. The number of aromatic amines is 2. The van der Waals surface area contributed by atoms with Crippen LogP contribution in [0.15, 0.2) is 17.1 Å². The third-order valence-corrected chi connectivity index (χ3v) is 3.48. The van der Waals surface area contributed by atoms with Gasteiger partial charge in [0.25, 0.3) is 11.5 Å². The molecule has 7 heteroatoms. The Kier molecular flexibility index (Phi) is 2.73. The van der Waals surface area contributed by atoms with Crippen molar-refractivity contribution in [2.75, 3.05) is 0 Å². The Morgan fingerprint density at radius 3 is 3.16 bits per heavy atom. The van der Waals surface area contributed by atoms with Crippen LogP contribution in [0, 0.1) is 0 Å². The average Bonchev–Trinajstić information content (AvgIpc) is 2.96. The molecule has 0 aliphatic heterocycles. The number of nitrogens with one attached hydrogen (secondary N) is 3. The maximum atomic E-state index is 12.0. The summed E-state index contributed by atoms with van der Waals surface area (Å²) in [5, 5.41) is 12.6. The Hall–Kier alpha value is -2.31. The first-order valence-corrected chi connectivity index (χ1v) is 6.21. The van der Waals surface area contributed by atoms with Crippen molar-refractivity contribution in [3.63, 3.8) is 0 Å². The Morgan fingerprint density at radius 1 is 1.58 bits per heavy atom. The third kappa shape index (κ3) is 2.18. The van der Waals surface area contributed by atoms with Crippen LogP contribution in [-0.2, 0) is 19.9 Å². The number of hydrogen-bond donors (Lipinski definition) is 3. The molecular weight excluding hydrogens is 246 g/mol. The first-order chi connectivity index (χ1) is 9.13. The summed E-state index contributed by atoms with van der Waals surface area (Å²) < 4.78 is 1.28. The monoisotopic (exact) mass is 261 g/mol. The molecule has 1 atom stereocenters. The van der Waals surface area contributed by atoms with Crippen LogP contribution in [0.25, 0.3) is 0 Å². The highest BCUT2D eigenvalue weighted by Gasteiger charge is 2.22. The maximum Gasteiger partial charge on any atom is 0.269 e. The van der Waals surface area contributed by atoms with Crippen molar-refractivity contribution < 1.29 is 4.79 Å². The van der Waals surface area contributed by atoms with E-state index >= 15 is 0 Å². The molecule has 0 radical (unpaired) electrons. The first-order valence-electron chi connectivity index (χ1n) is 6.21. The summed E-state index contributed by atoms with van der Waals surface area (Å²) in [6.07, 6.45) is 4.33. The molecule has 1 aliphatic carbocycles. The Balaban J connectivity index is 1.69. The van der Waals surface area contributed by atoms with E-state index in [4.69, 9.17) is 0 Å². The molecule has 2 aromatic heterocycles. The van der Waals surface area contributed by atoms with E-state index in [-0.39, 0.29) is 17.5 Å². The minimum Gasteiger partial charge on any atom is -0.348 e. The average molecular weight is 261 g/mol. The summed E-state index contributed by atoms with van der Waals surface area (Å²) in [6, 6.07) is 1.39. The van der Waals surface area contributed by atoms with Crippen LogP contribution in [0.1, 0.15) is 28.2 Å². The summed E-state index contributed by atoms with van der Waals surface area (Å²) in [4.78, 5) is 23.3. The molecule has 0 fully saturated rings. The van der Waals surface area contributed by atoms with Crippen LogP contribution >= 0.6 is 0 Å². The van der Waals surface area contributed by atoms with Crippen molar-refractivity contribution in [2.24, 2.45) is 7.05 Å². The Labute approximate surface area is 109 Å². The molecule has 2 aromatic rings. The zero-order valence-corrected chi connectivity index (χ0v) is 10.6. The molecule has 0 bridgehead atoms. The van der Waals surface area contributed by atoms with Crippen molar-refractivity contribution in [2.45, 2.75) is 25.3 Å². The molecule has 100 valence electrons. The van der Waals surface area contributed by atoms with Gasteiger partial charge in [0.1, 0.15) is 5.69 Å². The number of carbonyl (C=O) groups excluding carboxylic acids is 1. The van der Waals surface area contributed by atoms with Gasteiger partial charge in [-0.3, -0.25) is 24.5 Å². The van der Waals surface area contributed by atoms with Gasteiger partial charge in [0, 0.05) is 24.8 Å². The number of aryl methyl sites for hydroxylation is 2. The zero-order valence-electron chi connectivity index (χ0n) is 10.6. The van der Waals surface area contributed by atoms with Gasteiger partial charge in [-0.05, 0) is 24.8 Å². The predicted molar refractivity (Wildman–Crippen MR) is 67.9 cm³/mol. The molecule has 1 unspecified atom stereocenters. The van der Waals surface area contributed by atoms with E-state index in [1.165, 1.54) is 10.7 Å². The van der Waals surface area contributed by atoms with Crippen LogP contribution in [0.4, 0.5) is 0 Å². The van der Waals surface area contributed by atoms with Gasteiger partial charge >= 0.3 is 0 Å². The summed E-state index contributed by atoms with van der Waals surface area (Å²) in [5.41, 5.74) is 2.38. The molecule has 1 amide bonds. The lowest BCUT2D eigenvalue weighted by atomic mass is 9.93. The lowest BCUT2D eigenvalue weighted by Crippen LogP contribution is -2.38. The predicted octanol–water partition coefficient (Wildman–Crippen LogP) is -0.276. The topological polar surface area (TPSA) is 95.6 Å². The van der Waals surface area contributed by atoms with E-state index in [0.29, 0.717) is 5.69 Å². The molecule has 3 rings (SSSR count). The number of hydrogen-bond acceptors (Lipinski definition) is 3. The minimum absolute atomic E-state index is 0.0845. The van der Waals surface area contributed by atoms with E-state index in [2.05, 4.69) is 20.6 Å². The normalized spacial score (nSPS) is 18.1. The van der Waals surface area contributed by atoms with Gasteiger partial charge in [-0.25, -0.2) is 0 Å². The molecule has 3 N–H and O–H groups in total. The van der Waals surface area contributed by atoms with Crippen LogP contribution in [0.3, 0.4) is 0 Å². The SMILES string of the molecule is Cn1[nH]c(C(=O)NC2CCc3[nH]ncc3C2)cc1=O. The van der Waals surface area contributed by atoms with E-state index < -0.39 is 0 Å². The van der Waals surface area contributed by atoms with Crippen LogP contribution in [0.5, 0.6) is 0 Å².